The molecular formula is C12H14FNO3. The van der Waals surface area contributed by atoms with Crippen molar-refractivity contribution in [2.75, 3.05) is 26.5 Å². The van der Waals surface area contributed by atoms with E-state index in [2.05, 4.69) is 5.32 Å². The molecule has 1 unspecified atom stereocenters. The molecule has 4 nitrogen and oxygen atoms in total. The second kappa shape index (κ2) is 4.50. The number of nitrogens with one attached hydrogen (secondary N) is 1. The quantitative estimate of drug-likeness (QED) is 0.850. The zero-order chi connectivity index (χ0) is 11.7. The van der Waals surface area contributed by atoms with Gasteiger partial charge >= 0.3 is 0 Å². The van der Waals surface area contributed by atoms with E-state index in [1.165, 1.54) is 0 Å². The first-order chi connectivity index (χ1) is 8.38. The van der Waals surface area contributed by atoms with Crippen LogP contribution in [0.1, 0.15) is 17.2 Å². The van der Waals surface area contributed by atoms with Gasteiger partial charge < -0.3 is 19.5 Å². The normalized spacial score (nSPS) is 22.8. The molecule has 3 rings (SSSR count). The van der Waals surface area contributed by atoms with Crippen LogP contribution in [0.5, 0.6) is 11.5 Å². The second-order valence-corrected chi connectivity index (χ2v) is 4.10. The molecule has 0 spiro atoms. The molecule has 92 valence electrons. The first-order valence-corrected chi connectivity index (χ1v) is 5.69. The molecule has 1 aromatic carbocycles. The van der Waals surface area contributed by atoms with Crippen LogP contribution in [0.4, 0.5) is 4.39 Å². The fourth-order valence-electron chi connectivity index (χ4n) is 2.18. The minimum atomic E-state index is -0.522. The summed E-state index contributed by atoms with van der Waals surface area (Å²) < 4.78 is 29.2. The van der Waals surface area contributed by atoms with Crippen LogP contribution < -0.4 is 14.8 Å². The Hall–Kier alpha value is -1.33. The largest absolute Gasteiger partial charge is 0.454 e. The maximum atomic E-state index is 13.0. The summed E-state index contributed by atoms with van der Waals surface area (Å²) in [5.74, 6) is 1.29. The van der Waals surface area contributed by atoms with Crippen LogP contribution in [0.3, 0.4) is 0 Å². The molecule has 2 aliphatic heterocycles. The molecule has 1 fully saturated rings. The Labute approximate surface area is 98.7 Å². The lowest BCUT2D eigenvalue weighted by atomic mass is 10.0. The summed E-state index contributed by atoms with van der Waals surface area (Å²) in [5, 5.41) is 3.23. The Balaban J connectivity index is 1.96. The molecule has 1 N–H and O–H groups in total. The van der Waals surface area contributed by atoms with Crippen molar-refractivity contribution in [3.63, 3.8) is 0 Å². The van der Waals surface area contributed by atoms with Gasteiger partial charge in [0, 0.05) is 13.1 Å². The summed E-state index contributed by atoms with van der Waals surface area (Å²) >= 11 is 0. The molecule has 0 aromatic heterocycles. The van der Waals surface area contributed by atoms with Gasteiger partial charge in [-0.05, 0) is 23.3 Å². The van der Waals surface area contributed by atoms with Crippen molar-refractivity contribution in [1.29, 1.82) is 0 Å². The van der Waals surface area contributed by atoms with Crippen molar-refractivity contribution < 1.29 is 18.6 Å². The Morgan fingerprint density at radius 2 is 2.12 bits per heavy atom. The van der Waals surface area contributed by atoms with Crippen molar-refractivity contribution in [3.05, 3.63) is 23.3 Å². The predicted octanol–water partition coefficient (Wildman–Crippen LogP) is 1.55. The molecule has 0 aliphatic carbocycles. The molecule has 0 amide bonds. The van der Waals surface area contributed by atoms with Crippen LogP contribution in [0, 0.1) is 0 Å². The van der Waals surface area contributed by atoms with Gasteiger partial charge in [-0.3, -0.25) is 0 Å². The number of alkyl halides is 1. The summed E-state index contributed by atoms with van der Waals surface area (Å²) in [6, 6.07) is 3.53. The van der Waals surface area contributed by atoms with Gasteiger partial charge in [-0.2, -0.15) is 0 Å². The zero-order valence-electron chi connectivity index (χ0n) is 9.37. The summed E-state index contributed by atoms with van der Waals surface area (Å²) in [7, 11) is 0. The highest BCUT2D eigenvalue weighted by Gasteiger charge is 2.23. The molecule has 0 bridgehead atoms. The molecule has 2 aliphatic rings. The smallest absolute Gasteiger partial charge is 0.231 e. The maximum absolute atomic E-state index is 13.0. The van der Waals surface area contributed by atoms with Crippen molar-refractivity contribution in [3.8, 4) is 11.5 Å². The number of ether oxygens (including phenoxy) is 3. The molecule has 0 radical (unpaired) electrons. The zero-order valence-corrected chi connectivity index (χ0v) is 9.37. The van der Waals surface area contributed by atoms with Gasteiger partial charge in [0.2, 0.25) is 6.79 Å². The minimum absolute atomic E-state index is 0.107. The molecule has 5 heteroatoms. The summed E-state index contributed by atoms with van der Waals surface area (Å²) in [6.07, 6.45) is -0.107. The third kappa shape index (κ3) is 1.96. The van der Waals surface area contributed by atoms with E-state index < -0.39 is 6.67 Å². The SMILES string of the molecule is FCc1cc2c(cc1C1CNCCO1)OCO2. The highest BCUT2D eigenvalue weighted by Crippen LogP contribution is 2.38. The van der Waals surface area contributed by atoms with Crippen LogP contribution in [-0.2, 0) is 11.4 Å². The lowest BCUT2D eigenvalue weighted by Crippen LogP contribution is -2.33. The highest BCUT2D eigenvalue weighted by molar-refractivity contribution is 5.49. The van der Waals surface area contributed by atoms with Crippen molar-refractivity contribution in [2.24, 2.45) is 0 Å². The summed E-state index contributed by atoms with van der Waals surface area (Å²) in [5.41, 5.74) is 1.46. The Morgan fingerprint density at radius 3 is 2.82 bits per heavy atom. The Kier molecular flexibility index (Phi) is 2.86. The molecule has 17 heavy (non-hydrogen) atoms. The summed E-state index contributed by atoms with van der Waals surface area (Å²) in [6.45, 7) is 1.86. The van der Waals surface area contributed by atoms with E-state index in [4.69, 9.17) is 14.2 Å². The van der Waals surface area contributed by atoms with Gasteiger partial charge in [0.25, 0.3) is 0 Å². The first kappa shape index (κ1) is 10.8. The number of halogens is 1. The van der Waals surface area contributed by atoms with E-state index in [1.807, 2.05) is 6.07 Å². The van der Waals surface area contributed by atoms with E-state index in [9.17, 15) is 4.39 Å². The monoisotopic (exact) mass is 239 g/mol. The van der Waals surface area contributed by atoms with Crippen molar-refractivity contribution in [2.45, 2.75) is 12.8 Å². The van der Waals surface area contributed by atoms with Crippen LogP contribution in [0.25, 0.3) is 0 Å². The van der Waals surface area contributed by atoms with E-state index in [1.54, 1.807) is 6.07 Å². The number of hydrogen-bond donors (Lipinski definition) is 1. The molecule has 1 aromatic rings. The second-order valence-electron chi connectivity index (χ2n) is 4.10. The number of morpholine rings is 1. The van der Waals surface area contributed by atoms with Crippen LogP contribution in [0.15, 0.2) is 12.1 Å². The molecule has 1 atom stereocenters. The number of hydrogen-bond acceptors (Lipinski definition) is 4. The van der Waals surface area contributed by atoms with Gasteiger partial charge in [0.15, 0.2) is 11.5 Å². The fourth-order valence-corrected chi connectivity index (χ4v) is 2.18. The predicted molar refractivity (Wildman–Crippen MR) is 58.9 cm³/mol. The number of rotatable bonds is 2. The molecule has 0 saturated carbocycles. The molecular weight excluding hydrogens is 225 g/mol. The average Bonchev–Trinajstić information content (AvgIpc) is 2.85. The van der Waals surface area contributed by atoms with Crippen molar-refractivity contribution >= 4 is 0 Å². The lowest BCUT2D eigenvalue weighted by Gasteiger charge is -2.25. The van der Waals surface area contributed by atoms with Crippen LogP contribution in [-0.4, -0.2) is 26.5 Å². The van der Waals surface area contributed by atoms with Crippen molar-refractivity contribution in [1.82, 2.24) is 5.32 Å². The van der Waals surface area contributed by atoms with E-state index in [0.717, 1.165) is 12.1 Å². The van der Waals surface area contributed by atoms with E-state index >= 15 is 0 Å². The summed E-state index contributed by atoms with van der Waals surface area (Å²) in [4.78, 5) is 0. The van der Waals surface area contributed by atoms with Gasteiger partial charge in [0.05, 0.1) is 12.7 Å². The van der Waals surface area contributed by atoms with Gasteiger partial charge in [-0.15, -0.1) is 0 Å². The fraction of sp³-hybridized carbons (Fsp3) is 0.500. The molecule has 1 saturated heterocycles. The minimum Gasteiger partial charge on any atom is -0.454 e. The Bertz CT molecular complexity index is 418. The Morgan fingerprint density at radius 1 is 1.29 bits per heavy atom. The standard InChI is InChI=1S/C12H14FNO3/c13-5-8-3-10-11(17-7-16-10)4-9(8)12-6-14-1-2-15-12/h3-4,12,14H,1-2,5-7H2. The number of benzene rings is 1. The van der Waals surface area contributed by atoms with Gasteiger partial charge in [0.1, 0.15) is 6.67 Å². The third-order valence-corrected chi connectivity index (χ3v) is 3.05. The van der Waals surface area contributed by atoms with Crippen LogP contribution >= 0.6 is 0 Å². The highest BCUT2D eigenvalue weighted by atomic mass is 19.1. The van der Waals surface area contributed by atoms with Gasteiger partial charge in [-0.1, -0.05) is 0 Å². The van der Waals surface area contributed by atoms with E-state index in [-0.39, 0.29) is 12.9 Å². The topological polar surface area (TPSA) is 39.7 Å². The first-order valence-electron chi connectivity index (χ1n) is 5.69. The lowest BCUT2D eigenvalue weighted by molar-refractivity contribution is 0.0267. The molecule has 2 heterocycles. The van der Waals surface area contributed by atoms with Crippen LogP contribution in [0.2, 0.25) is 0 Å². The van der Waals surface area contributed by atoms with Gasteiger partial charge in [-0.25, -0.2) is 4.39 Å². The maximum Gasteiger partial charge on any atom is 0.231 e. The number of fused-ring (bicyclic) bond motifs is 1. The average molecular weight is 239 g/mol. The third-order valence-electron chi connectivity index (χ3n) is 3.05. The van der Waals surface area contributed by atoms with E-state index in [0.29, 0.717) is 30.2 Å².